The van der Waals surface area contributed by atoms with Gasteiger partial charge in [-0.25, -0.2) is 0 Å². The van der Waals surface area contributed by atoms with Crippen molar-refractivity contribution in [2.75, 3.05) is 6.79 Å². The lowest BCUT2D eigenvalue weighted by molar-refractivity contribution is 0.0250. The Balaban J connectivity index is 2.26. The molecule has 0 radical (unpaired) electrons. The SMILES string of the molecule is CC1(C)C=CC2(C)OCOC2C1. The fourth-order valence-electron chi connectivity index (χ4n) is 1.86. The van der Waals surface area contributed by atoms with Crippen molar-refractivity contribution >= 4 is 0 Å². The van der Waals surface area contributed by atoms with Gasteiger partial charge >= 0.3 is 0 Å². The minimum absolute atomic E-state index is 0.157. The normalized spacial score (nSPS) is 44.4. The van der Waals surface area contributed by atoms with E-state index in [1.165, 1.54) is 0 Å². The molecule has 0 aromatic heterocycles. The molecule has 1 aliphatic heterocycles. The number of rotatable bonds is 0. The predicted molar refractivity (Wildman–Crippen MR) is 46.8 cm³/mol. The molecule has 0 aromatic carbocycles. The van der Waals surface area contributed by atoms with E-state index in [9.17, 15) is 0 Å². The maximum absolute atomic E-state index is 5.53. The van der Waals surface area contributed by atoms with E-state index in [0.717, 1.165) is 6.42 Å². The van der Waals surface area contributed by atoms with Gasteiger partial charge in [-0.3, -0.25) is 0 Å². The molecule has 12 heavy (non-hydrogen) atoms. The molecule has 0 aromatic rings. The first-order chi connectivity index (χ1) is 5.52. The molecule has 1 saturated heterocycles. The lowest BCUT2D eigenvalue weighted by atomic mass is 9.76. The minimum Gasteiger partial charge on any atom is -0.349 e. The van der Waals surface area contributed by atoms with Crippen LogP contribution in [0.3, 0.4) is 0 Å². The monoisotopic (exact) mass is 168 g/mol. The van der Waals surface area contributed by atoms with Gasteiger partial charge in [0.05, 0.1) is 6.10 Å². The molecule has 1 aliphatic carbocycles. The number of allylic oxidation sites excluding steroid dienone is 1. The largest absolute Gasteiger partial charge is 0.349 e. The fraction of sp³-hybridized carbons (Fsp3) is 0.800. The van der Waals surface area contributed by atoms with Crippen LogP contribution in [0.1, 0.15) is 27.2 Å². The van der Waals surface area contributed by atoms with E-state index in [-0.39, 0.29) is 17.1 Å². The summed E-state index contributed by atoms with van der Waals surface area (Å²) in [6.07, 6.45) is 5.68. The van der Waals surface area contributed by atoms with Gasteiger partial charge in [-0.15, -0.1) is 0 Å². The van der Waals surface area contributed by atoms with Crippen LogP contribution < -0.4 is 0 Å². The molecule has 2 aliphatic rings. The highest BCUT2D eigenvalue weighted by molar-refractivity contribution is 5.15. The molecule has 2 atom stereocenters. The summed E-state index contributed by atoms with van der Waals surface area (Å²) >= 11 is 0. The summed E-state index contributed by atoms with van der Waals surface area (Å²) < 4.78 is 11.1. The smallest absolute Gasteiger partial charge is 0.148 e. The van der Waals surface area contributed by atoms with Crippen LogP contribution in [0.4, 0.5) is 0 Å². The van der Waals surface area contributed by atoms with Gasteiger partial charge in [0.25, 0.3) is 0 Å². The van der Waals surface area contributed by atoms with E-state index in [1.807, 2.05) is 0 Å². The van der Waals surface area contributed by atoms with Crippen molar-refractivity contribution in [2.45, 2.75) is 38.9 Å². The summed E-state index contributed by atoms with van der Waals surface area (Å²) in [7, 11) is 0. The van der Waals surface area contributed by atoms with Crippen LogP contribution in [-0.2, 0) is 9.47 Å². The lowest BCUT2D eigenvalue weighted by Gasteiger charge is -2.36. The van der Waals surface area contributed by atoms with Crippen molar-refractivity contribution in [3.63, 3.8) is 0 Å². The second-order valence-electron chi connectivity index (χ2n) is 4.63. The number of hydrogen-bond acceptors (Lipinski definition) is 2. The molecule has 0 saturated carbocycles. The van der Waals surface area contributed by atoms with Crippen LogP contribution in [0.15, 0.2) is 12.2 Å². The molecule has 1 heterocycles. The Morgan fingerprint density at radius 1 is 1.25 bits per heavy atom. The maximum atomic E-state index is 5.53. The van der Waals surface area contributed by atoms with Crippen molar-refractivity contribution in [2.24, 2.45) is 5.41 Å². The molecule has 0 spiro atoms. The van der Waals surface area contributed by atoms with Crippen LogP contribution in [0.2, 0.25) is 0 Å². The Morgan fingerprint density at radius 2 is 2.00 bits per heavy atom. The summed E-state index contributed by atoms with van der Waals surface area (Å²) in [4.78, 5) is 0. The van der Waals surface area contributed by atoms with E-state index < -0.39 is 0 Å². The fourth-order valence-corrected chi connectivity index (χ4v) is 1.86. The summed E-state index contributed by atoms with van der Waals surface area (Å²) in [5.41, 5.74) is 0.105. The third kappa shape index (κ3) is 1.19. The first kappa shape index (κ1) is 8.27. The van der Waals surface area contributed by atoms with Crippen molar-refractivity contribution in [1.82, 2.24) is 0 Å². The summed E-state index contributed by atoms with van der Waals surface area (Å²) in [6.45, 7) is 6.99. The van der Waals surface area contributed by atoms with Crippen molar-refractivity contribution in [3.8, 4) is 0 Å². The summed E-state index contributed by atoms with van der Waals surface area (Å²) in [5.74, 6) is 0. The average Bonchev–Trinajstić information content (AvgIpc) is 2.30. The third-order valence-electron chi connectivity index (χ3n) is 2.86. The predicted octanol–water partition coefficient (Wildman–Crippen LogP) is 2.10. The number of hydrogen-bond donors (Lipinski definition) is 0. The summed E-state index contributed by atoms with van der Waals surface area (Å²) in [5, 5.41) is 0. The molecule has 2 unspecified atom stereocenters. The molecule has 68 valence electrons. The van der Waals surface area contributed by atoms with Gasteiger partial charge in [-0.2, -0.15) is 0 Å². The van der Waals surface area contributed by atoms with E-state index in [2.05, 4.69) is 32.9 Å². The zero-order valence-electron chi connectivity index (χ0n) is 7.96. The Kier molecular flexibility index (Phi) is 1.61. The Morgan fingerprint density at radius 3 is 2.75 bits per heavy atom. The van der Waals surface area contributed by atoms with Crippen molar-refractivity contribution in [3.05, 3.63) is 12.2 Å². The first-order valence-corrected chi connectivity index (χ1v) is 4.48. The van der Waals surface area contributed by atoms with Gasteiger partial charge in [0, 0.05) is 0 Å². The van der Waals surface area contributed by atoms with Gasteiger partial charge in [0.2, 0.25) is 0 Å². The zero-order chi connectivity index (χ0) is 8.82. The van der Waals surface area contributed by atoms with Crippen LogP contribution >= 0.6 is 0 Å². The minimum atomic E-state index is -0.157. The topological polar surface area (TPSA) is 18.5 Å². The summed E-state index contributed by atoms with van der Waals surface area (Å²) in [6, 6.07) is 0. The molecule has 1 fully saturated rings. The van der Waals surface area contributed by atoms with Gasteiger partial charge in [0.15, 0.2) is 0 Å². The molecule has 0 N–H and O–H groups in total. The van der Waals surface area contributed by atoms with E-state index in [0.29, 0.717) is 6.79 Å². The van der Waals surface area contributed by atoms with E-state index >= 15 is 0 Å². The molecular weight excluding hydrogens is 152 g/mol. The van der Waals surface area contributed by atoms with Crippen molar-refractivity contribution < 1.29 is 9.47 Å². The van der Waals surface area contributed by atoms with Gasteiger partial charge in [-0.05, 0) is 18.8 Å². The lowest BCUT2D eigenvalue weighted by Crippen LogP contribution is -2.40. The van der Waals surface area contributed by atoms with Gasteiger partial charge in [-0.1, -0.05) is 26.0 Å². The van der Waals surface area contributed by atoms with Crippen molar-refractivity contribution in [1.29, 1.82) is 0 Å². The standard InChI is InChI=1S/C10H16O2/c1-9(2)4-5-10(3)8(6-9)11-7-12-10/h4-5,8H,6-7H2,1-3H3. The van der Waals surface area contributed by atoms with Crippen LogP contribution in [0, 0.1) is 5.41 Å². The molecule has 2 rings (SSSR count). The van der Waals surface area contributed by atoms with Crippen LogP contribution in [-0.4, -0.2) is 18.5 Å². The van der Waals surface area contributed by atoms with E-state index in [1.54, 1.807) is 0 Å². The van der Waals surface area contributed by atoms with E-state index in [4.69, 9.17) is 9.47 Å². The van der Waals surface area contributed by atoms with Gasteiger partial charge in [0.1, 0.15) is 12.4 Å². The number of fused-ring (bicyclic) bond motifs is 1. The molecular formula is C10H16O2. The Hall–Kier alpha value is -0.340. The highest BCUT2D eigenvalue weighted by Gasteiger charge is 2.44. The number of ether oxygens (including phenoxy) is 2. The Labute approximate surface area is 73.5 Å². The van der Waals surface area contributed by atoms with Gasteiger partial charge < -0.3 is 9.47 Å². The average molecular weight is 168 g/mol. The molecule has 0 bridgehead atoms. The highest BCUT2D eigenvalue weighted by atomic mass is 16.7. The van der Waals surface area contributed by atoms with Crippen LogP contribution in [0.25, 0.3) is 0 Å². The molecule has 0 amide bonds. The molecule has 2 nitrogen and oxygen atoms in total. The highest BCUT2D eigenvalue weighted by Crippen LogP contribution is 2.40. The Bertz CT molecular complexity index is 220. The van der Waals surface area contributed by atoms with Crippen LogP contribution in [0.5, 0.6) is 0 Å². The quantitative estimate of drug-likeness (QED) is 0.516. The first-order valence-electron chi connectivity index (χ1n) is 4.48. The molecule has 2 heteroatoms. The second kappa shape index (κ2) is 2.33. The third-order valence-corrected chi connectivity index (χ3v) is 2.86. The zero-order valence-corrected chi connectivity index (χ0v) is 7.96. The second-order valence-corrected chi connectivity index (χ2v) is 4.63. The maximum Gasteiger partial charge on any atom is 0.148 e.